The second-order valence-corrected chi connectivity index (χ2v) is 12.4. The van der Waals surface area contributed by atoms with Crippen LogP contribution in [0, 0.1) is 0 Å². The van der Waals surface area contributed by atoms with Crippen molar-refractivity contribution in [3.8, 4) is 0 Å². The number of para-hydroxylation sites is 2. The first-order valence-corrected chi connectivity index (χ1v) is 15.9. The number of carbonyl (C=O) groups is 1. The second kappa shape index (κ2) is 13.6. The van der Waals surface area contributed by atoms with Gasteiger partial charge in [0.15, 0.2) is 5.13 Å². The smallest absolute Gasteiger partial charge is 0.264 e. The summed E-state index contributed by atoms with van der Waals surface area (Å²) in [4.78, 5) is 23.8. The zero-order chi connectivity index (χ0) is 27.3. The number of benzene rings is 3. The number of nitrogens with zero attached hydrogens (tertiary/aromatic N) is 4. The van der Waals surface area contributed by atoms with Gasteiger partial charge in [-0.2, -0.15) is 0 Å². The molecule has 0 aliphatic rings. The van der Waals surface area contributed by atoms with Gasteiger partial charge < -0.3 is 4.90 Å². The molecule has 1 amide bonds. The summed E-state index contributed by atoms with van der Waals surface area (Å²) in [6.07, 6.45) is 2.02. The summed E-state index contributed by atoms with van der Waals surface area (Å²) in [6.45, 7) is 7.16. The van der Waals surface area contributed by atoms with Gasteiger partial charge in [0.05, 0.1) is 20.8 Å². The van der Waals surface area contributed by atoms with Crippen molar-refractivity contribution in [1.82, 2.24) is 9.88 Å². The van der Waals surface area contributed by atoms with Crippen molar-refractivity contribution < 1.29 is 13.2 Å². The number of fused-ring (bicyclic) bond motifs is 1. The van der Waals surface area contributed by atoms with Gasteiger partial charge in [-0.3, -0.25) is 14.0 Å². The average molecular weight is 605 g/mol. The molecule has 4 rings (SSSR count). The van der Waals surface area contributed by atoms with Gasteiger partial charge in [-0.25, -0.2) is 13.4 Å². The van der Waals surface area contributed by atoms with Crippen LogP contribution < -0.4 is 9.21 Å². The molecule has 39 heavy (non-hydrogen) atoms. The number of halogens is 1. The van der Waals surface area contributed by atoms with E-state index in [-0.39, 0.29) is 23.2 Å². The van der Waals surface area contributed by atoms with Crippen LogP contribution in [0.15, 0.2) is 82.6 Å². The molecule has 0 fully saturated rings. The Bertz CT molecular complexity index is 1490. The number of sulfonamides is 1. The number of likely N-dealkylation sites (N-methyl/N-ethyl adjacent to an activating group) is 1. The average Bonchev–Trinajstić information content (AvgIpc) is 3.39. The number of thioether (sulfide) groups is 1. The SMILES string of the molecule is CCN(CC)CCN(C(=O)c1ccc(S(=O)(=O)N(C)c2ccccc2)cc1)c1nc2c(SC)cccc2s1.Cl. The summed E-state index contributed by atoms with van der Waals surface area (Å²) in [6, 6.07) is 21.1. The van der Waals surface area contributed by atoms with E-state index in [0.29, 0.717) is 29.5 Å². The van der Waals surface area contributed by atoms with E-state index in [2.05, 4.69) is 18.7 Å². The van der Waals surface area contributed by atoms with E-state index in [9.17, 15) is 13.2 Å². The lowest BCUT2D eigenvalue weighted by atomic mass is 10.2. The summed E-state index contributed by atoms with van der Waals surface area (Å²) in [5.41, 5.74) is 1.87. The highest BCUT2D eigenvalue weighted by atomic mass is 35.5. The van der Waals surface area contributed by atoms with E-state index in [4.69, 9.17) is 4.98 Å². The lowest BCUT2D eigenvalue weighted by molar-refractivity contribution is 0.0983. The highest BCUT2D eigenvalue weighted by Crippen LogP contribution is 2.34. The van der Waals surface area contributed by atoms with Gasteiger partial charge in [0.25, 0.3) is 15.9 Å². The van der Waals surface area contributed by atoms with Crippen LogP contribution >= 0.6 is 35.5 Å². The number of anilines is 2. The molecule has 0 N–H and O–H groups in total. The monoisotopic (exact) mass is 604 g/mol. The third kappa shape index (κ3) is 6.75. The Hall–Kier alpha value is -2.63. The van der Waals surface area contributed by atoms with Crippen LogP contribution in [0.4, 0.5) is 10.8 Å². The lowest BCUT2D eigenvalue weighted by Crippen LogP contribution is -2.38. The highest BCUT2D eigenvalue weighted by Gasteiger charge is 2.25. The summed E-state index contributed by atoms with van der Waals surface area (Å²) in [5.74, 6) is -0.206. The van der Waals surface area contributed by atoms with Gasteiger partial charge in [0.1, 0.15) is 0 Å². The minimum Gasteiger partial charge on any atom is -0.302 e. The maximum absolute atomic E-state index is 13.8. The molecule has 1 aromatic heterocycles. The van der Waals surface area contributed by atoms with Gasteiger partial charge in [-0.1, -0.05) is 49.4 Å². The molecular weight excluding hydrogens is 572 g/mol. The normalized spacial score (nSPS) is 11.4. The Labute approximate surface area is 245 Å². The molecule has 0 aliphatic heterocycles. The number of carbonyl (C=O) groups excluding carboxylic acids is 1. The molecule has 208 valence electrons. The fourth-order valence-electron chi connectivity index (χ4n) is 4.12. The number of hydrogen-bond donors (Lipinski definition) is 0. The zero-order valence-electron chi connectivity index (χ0n) is 22.4. The summed E-state index contributed by atoms with van der Waals surface area (Å²) in [7, 11) is -2.25. The summed E-state index contributed by atoms with van der Waals surface area (Å²) >= 11 is 3.12. The number of thiazole rings is 1. The maximum Gasteiger partial charge on any atom is 0.264 e. The Morgan fingerprint density at radius 3 is 2.21 bits per heavy atom. The molecule has 4 aromatic rings. The summed E-state index contributed by atoms with van der Waals surface area (Å²) in [5, 5.41) is 0.638. The van der Waals surface area contributed by atoms with Crippen molar-refractivity contribution in [2.24, 2.45) is 0 Å². The third-order valence-corrected chi connectivity index (χ3v) is 10.1. The van der Waals surface area contributed by atoms with Gasteiger partial charge in [0.2, 0.25) is 0 Å². The molecule has 0 saturated carbocycles. The van der Waals surface area contributed by atoms with Crippen molar-refractivity contribution in [1.29, 1.82) is 0 Å². The molecule has 0 spiro atoms. The molecule has 7 nitrogen and oxygen atoms in total. The van der Waals surface area contributed by atoms with Gasteiger partial charge in [0, 0.05) is 30.6 Å². The molecule has 0 unspecified atom stereocenters. The third-order valence-electron chi connectivity index (χ3n) is 6.48. The first kappa shape index (κ1) is 30.9. The Morgan fingerprint density at radius 2 is 1.59 bits per heavy atom. The fourth-order valence-corrected chi connectivity index (χ4v) is 6.96. The molecule has 0 atom stereocenters. The molecule has 0 bridgehead atoms. The maximum atomic E-state index is 13.8. The van der Waals surface area contributed by atoms with Crippen molar-refractivity contribution >= 4 is 72.5 Å². The lowest BCUT2D eigenvalue weighted by Gasteiger charge is -2.25. The van der Waals surface area contributed by atoms with Gasteiger partial charge >= 0.3 is 0 Å². The first-order valence-electron chi connectivity index (χ1n) is 12.4. The Morgan fingerprint density at radius 1 is 0.923 bits per heavy atom. The molecule has 3 aromatic carbocycles. The van der Waals surface area contributed by atoms with E-state index in [1.807, 2.05) is 30.5 Å². The first-order chi connectivity index (χ1) is 18.3. The number of aromatic nitrogens is 1. The van der Waals surface area contributed by atoms with Crippen LogP contribution in [0.5, 0.6) is 0 Å². The Kier molecular flexibility index (Phi) is 10.8. The zero-order valence-corrected chi connectivity index (χ0v) is 25.7. The van der Waals surface area contributed by atoms with Crippen LogP contribution in [-0.2, 0) is 10.0 Å². The van der Waals surface area contributed by atoms with E-state index >= 15 is 0 Å². The van der Waals surface area contributed by atoms with E-state index in [1.54, 1.807) is 53.1 Å². The van der Waals surface area contributed by atoms with Gasteiger partial charge in [-0.05, 0) is 67.9 Å². The van der Waals surface area contributed by atoms with E-state index in [1.165, 1.54) is 34.8 Å². The van der Waals surface area contributed by atoms with E-state index in [0.717, 1.165) is 28.2 Å². The fraction of sp³-hybridized carbons (Fsp3) is 0.286. The van der Waals surface area contributed by atoms with Crippen LogP contribution in [0.25, 0.3) is 10.2 Å². The largest absolute Gasteiger partial charge is 0.302 e. The molecule has 0 aliphatic carbocycles. The van der Waals surface area contributed by atoms with Crippen molar-refractivity contribution in [3.63, 3.8) is 0 Å². The quantitative estimate of drug-likeness (QED) is 0.188. The van der Waals surface area contributed by atoms with Crippen molar-refractivity contribution in [2.75, 3.05) is 48.7 Å². The molecule has 0 radical (unpaired) electrons. The minimum atomic E-state index is -3.77. The van der Waals surface area contributed by atoms with Crippen molar-refractivity contribution in [3.05, 3.63) is 78.4 Å². The topological polar surface area (TPSA) is 73.8 Å². The van der Waals surface area contributed by atoms with Gasteiger partial charge in [-0.15, -0.1) is 24.2 Å². The van der Waals surface area contributed by atoms with Crippen LogP contribution in [0.2, 0.25) is 0 Å². The van der Waals surface area contributed by atoms with Crippen LogP contribution in [-0.4, -0.2) is 63.7 Å². The molecule has 11 heteroatoms. The van der Waals surface area contributed by atoms with Crippen LogP contribution in [0.3, 0.4) is 0 Å². The predicted molar refractivity (Wildman–Crippen MR) is 167 cm³/mol. The van der Waals surface area contributed by atoms with Crippen LogP contribution in [0.1, 0.15) is 24.2 Å². The number of hydrogen-bond acceptors (Lipinski definition) is 7. The van der Waals surface area contributed by atoms with Crippen molar-refractivity contribution in [2.45, 2.75) is 23.6 Å². The van der Waals surface area contributed by atoms with E-state index < -0.39 is 10.0 Å². The highest BCUT2D eigenvalue weighted by molar-refractivity contribution is 7.98. The summed E-state index contributed by atoms with van der Waals surface area (Å²) < 4.78 is 28.6. The predicted octanol–water partition coefficient (Wildman–Crippen LogP) is 6.25. The molecule has 0 saturated heterocycles. The Balaban J connectivity index is 0.00000420. The molecule has 1 heterocycles. The number of rotatable bonds is 11. The minimum absolute atomic E-state index is 0. The molecular formula is C28H33ClN4O3S3. The standard InChI is InChI=1S/C28H32N4O3S3.ClH/c1-5-31(6-2)19-20-32(28-29-26-24(36-4)13-10-14-25(26)37-28)27(33)21-15-17-23(18-16-21)38(34,35)30(3)22-11-8-7-9-12-22;/h7-18H,5-6,19-20H2,1-4H3;1H. The second-order valence-electron chi connectivity index (χ2n) is 8.62. The number of amides is 1.